The predicted octanol–water partition coefficient (Wildman–Crippen LogP) is 2.42. The molecular weight excluding hydrogens is 248 g/mol. The van der Waals surface area contributed by atoms with E-state index in [0.29, 0.717) is 10.6 Å². The number of hydrogen-bond donors (Lipinski definition) is 1. The van der Waals surface area contributed by atoms with E-state index < -0.39 is 0 Å². The lowest BCUT2D eigenvalue weighted by molar-refractivity contribution is 0.0828. The Morgan fingerprint density at radius 1 is 1.39 bits per heavy atom. The molecule has 0 aliphatic carbocycles. The highest BCUT2D eigenvalue weighted by molar-refractivity contribution is 6.34. The Morgan fingerprint density at radius 2 is 2.17 bits per heavy atom. The minimum absolute atomic E-state index is 0.0640. The van der Waals surface area contributed by atoms with Crippen LogP contribution in [0.4, 0.5) is 0 Å². The van der Waals surface area contributed by atoms with Crippen molar-refractivity contribution < 1.29 is 4.79 Å². The summed E-state index contributed by atoms with van der Waals surface area (Å²) in [6.45, 7) is 1.88. The second-order valence-electron chi connectivity index (χ2n) is 4.58. The lowest BCUT2D eigenvalue weighted by Gasteiger charge is -2.16. The van der Waals surface area contributed by atoms with Crippen LogP contribution in [0, 0.1) is 0 Å². The van der Waals surface area contributed by atoms with Crippen molar-refractivity contribution in [2.45, 2.75) is 6.42 Å². The van der Waals surface area contributed by atoms with Crippen molar-refractivity contribution in [3.8, 4) is 0 Å². The van der Waals surface area contributed by atoms with Crippen LogP contribution in [-0.4, -0.2) is 38.0 Å². The van der Waals surface area contributed by atoms with Crippen LogP contribution in [0.5, 0.6) is 0 Å². The fourth-order valence-corrected chi connectivity index (χ4v) is 2.28. The quantitative estimate of drug-likeness (QED) is 0.890. The van der Waals surface area contributed by atoms with Gasteiger partial charge in [-0.1, -0.05) is 23.7 Å². The molecule has 0 saturated carbocycles. The van der Waals surface area contributed by atoms with Crippen LogP contribution in [0.25, 0.3) is 5.57 Å². The standard InChI is InChI=1S/C14H17ClN2O/c1-17(2)14(18)12-4-3-11(9-13(12)15)10-5-7-16-8-6-10/h3-5,9,16H,6-8H2,1-2H3. The molecule has 0 saturated heterocycles. The van der Waals surface area contributed by atoms with E-state index in [0.717, 1.165) is 25.1 Å². The number of amides is 1. The smallest absolute Gasteiger partial charge is 0.254 e. The number of nitrogens with one attached hydrogen (secondary N) is 1. The van der Waals surface area contributed by atoms with Crippen molar-refractivity contribution in [2.75, 3.05) is 27.2 Å². The number of benzene rings is 1. The molecule has 1 amide bonds. The third-order valence-corrected chi connectivity index (χ3v) is 3.35. The molecule has 0 aromatic heterocycles. The van der Waals surface area contributed by atoms with Gasteiger partial charge in [0, 0.05) is 20.6 Å². The summed E-state index contributed by atoms with van der Waals surface area (Å²) >= 11 is 6.20. The van der Waals surface area contributed by atoms with Crippen molar-refractivity contribution in [3.63, 3.8) is 0 Å². The molecule has 18 heavy (non-hydrogen) atoms. The number of halogens is 1. The van der Waals surface area contributed by atoms with Gasteiger partial charge >= 0.3 is 0 Å². The average Bonchev–Trinajstić information content (AvgIpc) is 2.38. The maximum absolute atomic E-state index is 11.9. The number of nitrogens with zero attached hydrogens (tertiary/aromatic N) is 1. The lowest BCUT2D eigenvalue weighted by atomic mass is 9.99. The number of carbonyl (C=O) groups excluding carboxylic acids is 1. The highest BCUT2D eigenvalue weighted by Crippen LogP contribution is 2.25. The molecule has 4 heteroatoms. The van der Waals surface area contributed by atoms with E-state index >= 15 is 0 Å². The van der Waals surface area contributed by atoms with Crippen LogP contribution in [0.3, 0.4) is 0 Å². The van der Waals surface area contributed by atoms with Gasteiger partial charge in [0.25, 0.3) is 5.91 Å². The van der Waals surface area contributed by atoms with E-state index in [4.69, 9.17) is 11.6 Å². The van der Waals surface area contributed by atoms with E-state index in [2.05, 4.69) is 11.4 Å². The van der Waals surface area contributed by atoms with Crippen molar-refractivity contribution >= 4 is 23.1 Å². The molecule has 0 spiro atoms. The normalized spacial score (nSPS) is 15.2. The van der Waals surface area contributed by atoms with Gasteiger partial charge in [-0.05, 0) is 36.2 Å². The Labute approximate surface area is 112 Å². The molecule has 0 atom stereocenters. The second kappa shape index (κ2) is 5.55. The summed E-state index contributed by atoms with van der Waals surface area (Å²) in [4.78, 5) is 13.4. The summed E-state index contributed by atoms with van der Waals surface area (Å²) < 4.78 is 0. The van der Waals surface area contributed by atoms with Crippen molar-refractivity contribution in [3.05, 3.63) is 40.4 Å². The highest BCUT2D eigenvalue weighted by atomic mass is 35.5. The molecule has 96 valence electrons. The van der Waals surface area contributed by atoms with E-state index in [1.54, 1.807) is 14.1 Å². The molecule has 2 rings (SSSR count). The summed E-state index contributed by atoms with van der Waals surface area (Å²) in [5, 5.41) is 3.79. The highest BCUT2D eigenvalue weighted by Gasteiger charge is 2.14. The van der Waals surface area contributed by atoms with Crippen LogP contribution in [0.15, 0.2) is 24.3 Å². The fraction of sp³-hybridized carbons (Fsp3) is 0.357. The van der Waals surface area contributed by atoms with Gasteiger partial charge in [0.2, 0.25) is 0 Å². The first-order valence-corrected chi connectivity index (χ1v) is 6.38. The number of rotatable bonds is 2. The molecule has 0 fully saturated rings. The predicted molar refractivity (Wildman–Crippen MR) is 74.9 cm³/mol. The summed E-state index contributed by atoms with van der Waals surface area (Å²) in [6.07, 6.45) is 3.17. The van der Waals surface area contributed by atoms with Gasteiger partial charge in [-0.2, -0.15) is 0 Å². The van der Waals surface area contributed by atoms with Crippen LogP contribution >= 0.6 is 11.6 Å². The molecule has 1 N–H and O–H groups in total. The third-order valence-electron chi connectivity index (χ3n) is 3.04. The largest absolute Gasteiger partial charge is 0.345 e. The van der Waals surface area contributed by atoms with E-state index in [1.807, 2.05) is 18.2 Å². The maximum atomic E-state index is 11.9. The molecule has 1 aliphatic rings. The monoisotopic (exact) mass is 264 g/mol. The van der Waals surface area contributed by atoms with Crippen LogP contribution < -0.4 is 5.32 Å². The average molecular weight is 265 g/mol. The maximum Gasteiger partial charge on any atom is 0.254 e. The second-order valence-corrected chi connectivity index (χ2v) is 4.98. The lowest BCUT2D eigenvalue weighted by Crippen LogP contribution is -2.22. The minimum atomic E-state index is -0.0640. The molecule has 0 bridgehead atoms. The zero-order valence-electron chi connectivity index (χ0n) is 10.7. The molecule has 1 aliphatic heterocycles. The molecule has 1 aromatic carbocycles. The Bertz CT molecular complexity index is 495. The fourth-order valence-electron chi connectivity index (χ4n) is 2.01. The van der Waals surface area contributed by atoms with Gasteiger partial charge < -0.3 is 10.2 Å². The first-order valence-electron chi connectivity index (χ1n) is 6.01. The molecule has 1 heterocycles. The Hall–Kier alpha value is -1.32. The first-order chi connectivity index (χ1) is 8.59. The van der Waals surface area contributed by atoms with Gasteiger partial charge in [0.15, 0.2) is 0 Å². The van der Waals surface area contributed by atoms with Crippen LogP contribution in [-0.2, 0) is 0 Å². The minimum Gasteiger partial charge on any atom is -0.345 e. The zero-order valence-corrected chi connectivity index (χ0v) is 11.4. The summed E-state index contributed by atoms with van der Waals surface area (Å²) in [5.74, 6) is -0.0640. The SMILES string of the molecule is CN(C)C(=O)c1ccc(C2=CCNCC2)cc1Cl. The van der Waals surface area contributed by atoms with Crippen LogP contribution in [0.1, 0.15) is 22.3 Å². The van der Waals surface area contributed by atoms with Gasteiger partial charge in [-0.15, -0.1) is 0 Å². The van der Waals surface area contributed by atoms with Gasteiger partial charge in [-0.25, -0.2) is 0 Å². The Kier molecular flexibility index (Phi) is 4.04. The number of carbonyl (C=O) groups is 1. The first kappa shape index (κ1) is 13.1. The molecule has 0 unspecified atom stereocenters. The number of hydrogen-bond acceptors (Lipinski definition) is 2. The molecular formula is C14H17ClN2O. The van der Waals surface area contributed by atoms with Gasteiger partial charge in [0.05, 0.1) is 10.6 Å². The van der Waals surface area contributed by atoms with Gasteiger partial charge in [0.1, 0.15) is 0 Å². The van der Waals surface area contributed by atoms with Crippen molar-refractivity contribution in [2.24, 2.45) is 0 Å². The Balaban J connectivity index is 2.30. The topological polar surface area (TPSA) is 32.3 Å². The third kappa shape index (κ3) is 2.74. The molecule has 3 nitrogen and oxygen atoms in total. The van der Waals surface area contributed by atoms with Crippen LogP contribution in [0.2, 0.25) is 5.02 Å². The van der Waals surface area contributed by atoms with E-state index in [1.165, 1.54) is 10.5 Å². The van der Waals surface area contributed by atoms with E-state index in [9.17, 15) is 4.79 Å². The van der Waals surface area contributed by atoms with Gasteiger partial charge in [-0.3, -0.25) is 4.79 Å². The summed E-state index contributed by atoms with van der Waals surface area (Å²) in [5.41, 5.74) is 2.95. The molecule has 0 radical (unpaired) electrons. The zero-order chi connectivity index (χ0) is 13.1. The molecule has 1 aromatic rings. The summed E-state index contributed by atoms with van der Waals surface area (Å²) in [6, 6.07) is 5.66. The summed E-state index contributed by atoms with van der Waals surface area (Å²) in [7, 11) is 3.45. The van der Waals surface area contributed by atoms with E-state index in [-0.39, 0.29) is 5.91 Å². The van der Waals surface area contributed by atoms with Crippen molar-refractivity contribution in [1.82, 2.24) is 10.2 Å². The van der Waals surface area contributed by atoms with Crippen molar-refractivity contribution in [1.29, 1.82) is 0 Å². The Morgan fingerprint density at radius 3 is 2.72 bits per heavy atom.